The lowest BCUT2D eigenvalue weighted by molar-refractivity contribution is -0.141. The molecule has 1 aromatic rings. The van der Waals surface area contributed by atoms with E-state index < -0.39 is 47.6 Å². The van der Waals surface area contributed by atoms with Crippen molar-refractivity contribution >= 4 is 5.97 Å². The Morgan fingerprint density at radius 2 is 1.94 bits per heavy atom. The van der Waals surface area contributed by atoms with Crippen LogP contribution < -0.4 is 0 Å². The lowest BCUT2D eigenvalue weighted by atomic mass is 10.0. The predicted molar refractivity (Wildman–Crippen MR) is 45.5 cm³/mol. The molecule has 1 rings (SSSR count). The molecule has 0 saturated carbocycles. The molecule has 0 spiro atoms. The van der Waals surface area contributed by atoms with E-state index in [4.69, 9.17) is 5.11 Å². The molecule has 0 aliphatic carbocycles. The van der Waals surface area contributed by atoms with Gasteiger partial charge in [-0.15, -0.1) is 0 Å². The number of aliphatic carboxylic acids is 1. The van der Waals surface area contributed by atoms with E-state index in [9.17, 15) is 31.1 Å². The zero-order valence-corrected chi connectivity index (χ0v) is 8.43. The van der Waals surface area contributed by atoms with Gasteiger partial charge < -0.3 is 5.11 Å². The predicted octanol–water partition coefficient (Wildman–Crippen LogP) is 2.80. The molecule has 1 heterocycles. The van der Waals surface area contributed by atoms with Crippen molar-refractivity contribution in [1.29, 1.82) is 0 Å². The van der Waals surface area contributed by atoms with Crippen LogP contribution in [-0.4, -0.2) is 16.1 Å². The number of carbonyl (C=O) groups is 1. The van der Waals surface area contributed by atoms with Gasteiger partial charge in [-0.25, -0.2) is 13.2 Å². The minimum Gasteiger partial charge on any atom is -0.481 e. The summed E-state index contributed by atoms with van der Waals surface area (Å²) >= 11 is 0. The number of nitrogens with zero attached hydrogens (tertiary/aromatic N) is 1. The maximum atomic E-state index is 13.0. The first kappa shape index (κ1) is 14.3. The zero-order chi connectivity index (χ0) is 14.1. The van der Waals surface area contributed by atoms with Gasteiger partial charge >= 0.3 is 12.1 Å². The minimum absolute atomic E-state index is 0.148. The molecule has 1 aromatic heterocycles. The third-order valence-electron chi connectivity index (χ3n) is 1.97. The van der Waals surface area contributed by atoms with E-state index in [0.29, 0.717) is 0 Å². The normalized spacial score (nSPS) is 11.9. The fourth-order valence-electron chi connectivity index (χ4n) is 1.35. The molecule has 1 N–H and O–H groups in total. The fraction of sp³-hybridized carbons (Fsp3) is 0.333. The number of carboxylic acid groups (broad SMARTS) is 1. The molecule has 9 heteroatoms. The molecule has 0 aliphatic heterocycles. The van der Waals surface area contributed by atoms with E-state index >= 15 is 0 Å². The van der Waals surface area contributed by atoms with E-state index in [1.165, 1.54) is 0 Å². The van der Waals surface area contributed by atoms with E-state index in [-0.39, 0.29) is 6.20 Å². The summed E-state index contributed by atoms with van der Waals surface area (Å²) in [5.41, 5.74) is -5.06. The molecular weight excluding hydrogens is 268 g/mol. The van der Waals surface area contributed by atoms with Crippen molar-refractivity contribution in [2.24, 2.45) is 0 Å². The van der Waals surface area contributed by atoms with Crippen LogP contribution >= 0.6 is 0 Å². The highest BCUT2D eigenvalue weighted by Gasteiger charge is 2.41. The molecule has 0 amide bonds. The Bertz CT molecular complexity index is 471. The summed E-state index contributed by atoms with van der Waals surface area (Å²) in [6, 6.07) is 0. The van der Waals surface area contributed by atoms with Crippen molar-refractivity contribution in [3.05, 3.63) is 28.8 Å². The molecular formula is C9H5F6NO2. The molecule has 0 bridgehead atoms. The number of hydrogen-bond acceptors (Lipinski definition) is 2. The molecule has 0 aromatic carbocycles. The molecule has 0 aliphatic rings. The first-order chi connectivity index (χ1) is 8.14. The van der Waals surface area contributed by atoms with Crippen LogP contribution in [0.3, 0.4) is 0 Å². The Balaban J connectivity index is 3.54. The van der Waals surface area contributed by atoms with Crippen LogP contribution in [0.2, 0.25) is 0 Å². The second-order valence-corrected chi connectivity index (χ2v) is 3.21. The molecule has 0 saturated heterocycles. The Morgan fingerprint density at radius 1 is 1.39 bits per heavy atom. The largest absolute Gasteiger partial charge is 0.481 e. The van der Waals surface area contributed by atoms with Gasteiger partial charge in [0.2, 0.25) is 0 Å². The van der Waals surface area contributed by atoms with Gasteiger partial charge in [0.1, 0.15) is 0 Å². The average Bonchev–Trinajstić information content (AvgIpc) is 2.17. The highest BCUT2D eigenvalue weighted by molar-refractivity contribution is 5.70. The van der Waals surface area contributed by atoms with Gasteiger partial charge in [-0.05, 0) is 0 Å². The zero-order valence-electron chi connectivity index (χ0n) is 8.43. The van der Waals surface area contributed by atoms with Gasteiger partial charge in [0, 0.05) is 0 Å². The van der Waals surface area contributed by atoms with Crippen LogP contribution in [0, 0.1) is 5.82 Å². The van der Waals surface area contributed by atoms with Gasteiger partial charge in [0.05, 0.1) is 29.4 Å². The number of hydrogen-bond donors (Lipinski definition) is 1. The van der Waals surface area contributed by atoms with Gasteiger partial charge in [-0.2, -0.15) is 13.2 Å². The van der Waals surface area contributed by atoms with E-state index in [2.05, 4.69) is 4.98 Å². The van der Waals surface area contributed by atoms with Crippen molar-refractivity contribution in [3.63, 3.8) is 0 Å². The third kappa shape index (κ3) is 2.90. The first-order valence-electron chi connectivity index (χ1n) is 4.39. The second-order valence-electron chi connectivity index (χ2n) is 3.21. The number of alkyl halides is 5. The summed E-state index contributed by atoms with van der Waals surface area (Å²) < 4.78 is 75.5. The fourth-order valence-corrected chi connectivity index (χ4v) is 1.35. The summed E-state index contributed by atoms with van der Waals surface area (Å²) in [6.07, 6.45) is -10.1. The maximum Gasteiger partial charge on any atom is 0.418 e. The van der Waals surface area contributed by atoms with Crippen LogP contribution in [0.25, 0.3) is 0 Å². The summed E-state index contributed by atoms with van der Waals surface area (Å²) in [6.45, 7) is 0. The van der Waals surface area contributed by atoms with Gasteiger partial charge in [-0.3, -0.25) is 9.78 Å². The first-order valence-corrected chi connectivity index (χ1v) is 4.39. The molecule has 0 radical (unpaired) electrons. The smallest absolute Gasteiger partial charge is 0.418 e. The van der Waals surface area contributed by atoms with E-state index in [1.807, 2.05) is 0 Å². The Hall–Kier alpha value is -1.80. The van der Waals surface area contributed by atoms with Gasteiger partial charge in [0.25, 0.3) is 6.43 Å². The maximum absolute atomic E-state index is 13.0. The number of rotatable bonds is 3. The highest BCUT2D eigenvalue weighted by atomic mass is 19.4. The Morgan fingerprint density at radius 3 is 2.33 bits per heavy atom. The van der Waals surface area contributed by atoms with Crippen molar-refractivity contribution < 1.29 is 36.2 Å². The third-order valence-corrected chi connectivity index (χ3v) is 1.97. The second kappa shape index (κ2) is 4.83. The Kier molecular flexibility index (Phi) is 3.82. The van der Waals surface area contributed by atoms with Crippen LogP contribution in [0.1, 0.15) is 23.2 Å². The average molecular weight is 273 g/mol. The number of carboxylic acids is 1. The molecule has 100 valence electrons. The minimum atomic E-state index is -5.31. The summed E-state index contributed by atoms with van der Waals surface area (Å²) in [5, 5.41) is 8.37. The number of pyridine rings is 1. The van der Waals surface area contributed by atoms with E-state index in [0.717, 1.165) is 0 Å². The van der Waals surface area contributed by atoms with E-state index in [1.54, 1.807) is 0 Å². The molecule has 3 nitrogen and oxygen atoms in total. The SMILES string of the molecule is O=C(O)Cc1ncc(F)c(C(F)F)c1C(F)(F)F. The molecule has 0 fully saturated rings. The van der Waals surface area contributed by atoms with Crippen molar-refractivity contribution in [3.8, 4) is 0 Å². The van der Waals surface area contributed by atoms with Crippen molar-refractivity contribution in [2.45, 2.75) is 19.0 Å². The van der Waals surface area contributed by atoms with Crippen molar-refractivity contribution in [2.75, 3.05) is 0 Å². The Labute approximate surface area is 96.1 Å². The summed E-state index contributed by atoms with van der Waals surface area (Å²) in [7, 11) is 0. The number of halogens is 6. The van der Waals surface area contributed by atoms with Crippen LogP contribution in [-0.2, 0) is 17.4 Å². The summed E-state index contributed by atoms with van der Waals surface area (Å²) in [5.74, 6) is -3.52. The van der Waals surface area contributed by atoms with Gasteiger partial charge in [-0.1, -0.05) is 0 Å². The van der Waals surface area contributed by atoms with Gasteiger partial charge in [0.15, 0.2) is 5.82 Å². The van der Waals surface area contributed by atoms with Crippen molar-refractivity contribution in [1.82, 2.24) is 4.98 Å². The quantitative estimate of drug-likeness (QED) is 0.861. The molecule has 18 heavy (non-hydrogen) atoms. The highest BCUT2D eigenvalue weighted by Crippen LogP contribution is 2.39. The lowest BCUT2D eigenvalue weighted by Crippen LogP contribution is -2.18. The van der Waals surface area contributed by atoms with Crippen LogP contribution in [0.4, 0.5) is 26.3 Å². The molecule has 0 unspecified atom stereocenters. The monoisotopic (exact) mass is 273 g/mol. The topological polar surface area (TPSA) is 50.2 Å². The van der Waals surface area contributed by atoms with Crippen LogP contribution in [0.5, 0.6) is 0 Å². The van der Waals surface area contributed by atoms with Crippen LogP contribution in [0.15, 0.2) is 6.20 Å². The standard InChI is InChI=1S/C9H5F6NO2/c10-3-2-16-4(1-5(17)18)7(9(13,14)15)6(3)8(11)12/h2,8H,1H2,(H,17,18). The molecule has 0 atom stereocenters. The summed E-state index contributed by atoms with van der Waals surface area (Å²) in [4.78, 5) is 13.2. The number of aromatic nitrogens is 1. The lowest BCUT2D eigenvalue weighted by Gasteiger charge is -2.15.